The van der Waals surface area contributed by atoms with Gasteiger partial charge in [-0.25, -0.2) is 4.39 Å². The molecule has 2 aliphatic rings. The number of carboxylic acids is 1. The molecule has 0 aliphatic carbocycles. The van der Waals surface area contributed by atoms with Crippen LogP contribution in [0.15, 0.2) is 24.3 Å². The second-order valence-electron chi connectivity index (χ2n) is 6.85. The standard InChI is InChI=1S/C18H21FN2O4/c1-11-9-20(7-6-13(11)18(24)25)17(23)12-8-16(22)21(10-12)15-5-3-2-4-14(15)19/h2-5,11-13H,6-10H2,1H3,(H,24,25). The molecule has 134 valence electrons. The van der Waals surface area contributed by atoms with Gasteiger partial charge >= 0.3 is 5.97 Å². The normalized spacial score (nSPS) is 26.8. The molecule has 0 bridgehead atoms. The van der Waals surface area contributed by atoms with E-state index in [4.69, 9.17) is 0 Å². The van der Waals surface area contributed by atoms with Gasteiger partial charge in [0.15, 0.2) is 0 Å². The third-order valence-electron chi connectivity index (χ3n) is 5.15. The minimum atomic E-state index is -0.832. The zero-order chi connectivity index (χ0) is 18.1. The van der Waals surface area contributed by atoms with Crippen LogP contribution in [0.1, 0.15) is 19.8 Å². The van der Waals surface area contributed by atoms with E-state index < -0.39 is 23.6 Å². The molecular formula is C18H21FN2O4. The van der Waals surface area contributed by atoms with Gasteiger partial charge in [-0.05, 0) is 24.5 Å². The van der Waals surface area contributed by atoms with E-state index in [-0.39, 0.29) is 36.4 Å². The van der Waals surface area contributed by atoms with Gasteiger partial charge < -0.3 is 14.9 Å². The van der Waals surface area contributed by atoms with Crippen molar-refractivity contribution >= 4 is 23.5 Å². The topological polar surface area (TPSA) is 77.9 Å². The Balaban J connectivity index is 1.68. The number of piperidine rings is 1. The van der Waals surface area contributed by atoms with Crippen molar-refractivity contribution < 1.29 is 23.9 Å². The molecule has 1 N–H and O–H groups in total. The van der Waals surface area contributed by atoms with Gasteiger partial charge in [0.1, 0.15) is 5.82 Å². The summed E-state index contributed by atoms with van der Waals surface area (Å²) in [5.41, 5.74) is 0.195. The van der Waals surface area contributed by atoms with E-state index in [0.717, 1.165) is 0 Å². The van der Waals surface area contributed by atoms with Gasteiger partial charge in [-0.15, -0.1) is 0 Å². The smallest absolute Gasteiger partial charge is 0.306 e. The lowest BCUT2D eigenvalue weighted by Crippen LogP contribution is -2.47. The molecule has 7 heteroatoms. The molecule has 3 rings (SSSR count). The van der Waals surface area contributed by atoms with Crippen molar-refractivity contribution in [2.75, 3.05) is 24.5 Å². The number of hydrogen-bond acceptors (Lipinski definition) is 3. The number of anilines is 1. The van der Waals surface area contributed by atoms with E-state index in [1.807, 2.05) is 6.92 Å². The molecule has 0 saturated carbocycles. The fourth-order valence-electron chi connectivity index (χ4n) is 3.75. The summed E-state index contributed by atoms with van der Waals surface area (Å²) < 4.78 is 13.9. The monoisotopic (exact) mass is 348 g/mol. The van der Waals surface area contributed by atoms with Crippen LogP contribution in [-0.4, -0.2) is 47.4 Å². The Hall–Kier alpha value is -2.44. The molecule has 2 saturated heterocycles. The van der Waals surface area contributed by atoms with E-state index in [1.165, 1.54) is 17.0 Å². The number of aliphatic carboxylic acids is 1. The first-order valence-corrected chi connectivity index (χ1v) is 8.45. The summed E-state index contributed by atoms with van der Waals surface area (Å²) in [6.07, 6.45) is 0.473. The fraction of sp³-hybridized carbons (Fsp3) is 0.500. The van der Waals surface area contributed by atoms with Crippen molar-refractivity contribution in [3.05, 3.63) is 30.1 Å². The minimum absolute atomic E-state index is 0.0560. The number of nitrogens with zero attached hydrogens (tertiary/aromatic N) is 2. The number of hydrogen-bond donors (Lipinski definition) is 1. The van der Waals surface area contributed by atoms with Gasteiger partial charge in [0.25, 0.3) is 0 Å². The SMILES string of the molecule is CC1CN(C(=O)C2CC(=O)N(c3ccccc3F)C2)CCC1C(=O)O. The Kier molecular flexibility index (Phi) is 4.74. The summed E-state index contributed by atoms with van der Waals surface area (Å²) in [5.74, 6) is -2.82. The number of para-hydroxylation sites is 1. The van der Waals surface area contributed by atoms with Crippen LogP contribution in [0.2, 0.25) is 0 Å². The van der Waals surface area contributed by atoms with Crippen LogP contribution >= 0.6 is 0 Å². The van der Waals surface area contributed by atoms with Crippen LogP contribution < -0.4 is 4.90 Å². The highest BCUT2D eigenvalue weighted by Gasteiger charge is 2.40. The van der Waals surface area contributed by atoms with E-state index >= 15 is 0 Å². The molecule has 3 unspecified atom stereocenters. The molecule has 6 nitrogen and oxygen atoms in total. The Morgan fingerprint density at radius 3 is 2.60 bits per heavy atom. The summed E-state index contributed by atoms with van der Waals surface area (Å²) in [6.45, 7) is 2.74. The largest absolute Gasteiger partial charge is 0.481 e. The summed E-state index contributed by atoms with van der Waals surface area (Å²) in [4.78, 5) is 39.1. The number of carbonyl (C=O) groups is 3. The molecule has 2 fully saturated rings. The van der Waals surface area contributed by atoms with Crippen molar-refractivity contribution in [1.29, 1.82) is 0 Å². The molecule has 25 heavy (non-hydrogen) atoms. The van der Waals surface area contributed by atoms with Crippen LogP contribution in [0.25, 0.3) is 0 Å². The van der Waals surface area contributed by atoms with Crippen molar-refractivity contribution in [2.24, 2.45) is 17.8 Å². The maximum Gasteiger partial charge on any atom is 0.306 e. The zero-order valence-electron chi connectivity index (χ0n) is 14.0. The molecule has 0 aromatic heterocycles. The predicted molar refractivity (Wildman–Crippen MR) is 88.3 cm³/mol. The lowest BCUT2D eigenvalue weighted by molar-refractivity contribution is -0.149. The fourth-order valence-corrected chi connectivity index (χ4v) is 3.75. The second kappa shape index (κ2) is 6.82. The average molecular weight is 348 g/mol. The lowest BCUT2D eigenvalue weighted by atomic mass is 9.86. The number of benzene rings is 1. The summed E-state index contributed by atoms with van der Waals surface area (Å²) in [6, 6.07) is 6.02. The van der Waals surface area contributed by atoms with Crippen molar-refractivity contribution in [1.82, 2.24) is 4.90 Å². The van der Waals surface area contributed by atoms with Crippen LogP contribution in [0, 0.1) is 23.6 Å². The first-order valence-electron chi connectivity index (χ1n) is 8.45. The molecule has 2 heterocycles. The van der Waals surface area contributed by atoms with E-state index in [2.05, 4.69) is 0 Å². The number of carbonyl (C=O) groups excluding carboxylic acids is 2. The lowest BCUT2D eigenvalue weighted by Gasteiger charge is -2.36. The van der Waals surface area contributed by atoms with Gasteiger partial charge in [-0.3, -0.25) is 14.4 Å². The van der Waals surface area contributed by atoms with Crippen LogP contribution in [0.4, 0.5) is 10.1 Å². The predicted octanol–water partition coefficient (Wildman–Crippen LogP) is 1.75. The highest BCUT2D eigenvalue weighted by atomic mass is 19.1. The van der Waals surface area contributed by atoms with Gasteiger partial charge in [0.2, 0.25) is 11.8 Å². The summed E-state index contributed by atoms with van der Waals surface area (Å²) in [5, 5.41) is 9.18. The molecule has 1 aromatic rings. The number of amides is 2. The van der Waals surface area contributed by atoms with Crippen molar-refractivity contribution in [2.45, 2.75) is 19.8 Å². The zero-order valence-corrected chi connectivity index (χ0v) is 14.0. The van der Waals surface area contributed by atoms with Gasteiger partial charge in [0.05, 0.1) is 17.5 Å². The number of rotatable bonds is 3. The molecule has 3 atom stereocenters. The van der Waals surface area contributed by atoms with E-state index in [1.54, 1.807) is 17.0 Å². The maximum atomic E-state index is 13.9. The average Bonchev–Trinajstić information content (AvgIpc) is 2.95. The van der Waals surface area contributed by atoms with Crippen LogP contribution in [0.3, 0.4) is 0 Å². The number of carboxylic acid groups (broad SMARTS) is 1. The quantitative estimate of drug-likeness (QED) is 0.903. The third kappa shape index (κ3) is 3.36. The Morgan fingerprint density at radius 2 is 1.96 bits per heavy atom. The second-order valence-corrected chi connectivity index (χ2v) is 6.85. The highest BCUT2D eigenvalue weighted by molar-refractivity contribution is 6.00. The Morgan fingerprint density at radius 1 is 1.24 bits per heavy atom. The summed E-state index contributed by atoms with van der Waals surface area (Å²) >= 11 is 0. The minimum Gasteiger partial charge on any atom is -0.481 e. The summed E-state index contributed by atoms with van der Waals surface area (Å²) in [7, 11) is 0. The third-order valence-corrected chi connectivity index (χ3v) is 5.15. The molecule has 2 amide bonds. The first-order chi connectivity index (χ1) is 11.9. The van der Waals surface area contributed by atoms with Crippen molar-refractivity contribution in [3.63, 3.8) is 0 Å². The molecule has 0 spiro atoms. The number of likely N-dealkylation sites (tertiary alicyclic amines) is 1. The van der Waals surface area contributed by atoms with Crippen molar-refractivity contribution in [3.8, 4) is 0 Å². The van der Waals surface area contributed by atoms with Gasteiger partial charge in [-0.1, -0.05) is 19.1 Å². The molecule has 2 aliphatic heterocycles. The van der Waals surface area contributed by atoms with Crippen LogP contribution in [0.5, 0.6) is 0 Å². The van der Waals surface area contributed by atoms with Gasteiger partial charge in [-0.2, -0.15) is 0 Å². The highest BCUT2D eigenvalue weighted by Crippen LogP contribution is 2.30. The Bertz CT molecular complexity index is 708. The van der Waals surface area contributed by atoms with Gasteiger partial charge in [0, 0.05) is 26.1 Å². The maximum absolute atomic E-state index is 13.9. The Labute approximate surface area is 145 Å². The number of halogens is 1. The van der Waals surface area contributed by atoms with E-state index in [0.29, 0.717) is 19.5 Å². The van der Waals surface area contributed by atoms with E-state index in [9.17, 15) is 23.9 Å². The molecule has 1 aromatic carbocycles. The molecule has 0 radical (unpaired) electrons. The first kappa shape index (κ1) is 17.4. The molecular weight excluding hydrogens is 327 g/mol. The van der Waals surface area contributed by atoms with Crippen LogP contribution in [-0.2, 0) is 14.4 Å².